The fraction of sp³-hybridized carbons (Fsp3) is 0.167. The molecule has 1 aromatic carbocycles. The molecule has 0 aliphatic carbocycles. The SMILES string of the molecule is NC(N)=NC1=NC(=O)[C@H](CC(=O)Nc2cc(Cl)ccc2Cl)S1. The number of carbonyl (C=O) groups is 2. The third-order valence-corrected chi connectivity index (χ3v) is 4.14. The Kier molecular flexibility index (Phi) is 5.28. The molecular weight excluding hydrogens is 349 g/mol. The largest absolute Gasteiger partial charge is 0.370 e. The minimum atomic E-state index is -0.670. The van der Waals surface area contributed by atoms with Crippen LogP contribution in [0, 0.1) is 0 Å². The van der Waals surface area contributed by atoms with Crippen LogP contribution in [0.1, 0.15) is 6.42 Å². The van der Waals surface area contributed by atoms with E-state index in [0.29, 0.717) is 15.7 Å². The Hall–Kier alpha value is -1.77. The molecular formula is C12H11Cl2N5O2S. The van der Waals surface area contributed by atoms with E-state index in [2.05, 4.69) is 15.3 Å². The van der Waals surface area contributed by atoms with Gasteiger partial charge in [0.1, 0.15) is 5.25 Å². The van der Waals surface area contributed by atoms with Gasteiger partial charge < -0.3 is 16.8 Å². The third-order valence-electron chi connectivity index (χ3n) is 2.53. The number of hydrogen-bond donors (Lipinski definition) is 3. The first-order valence-electron chi connectivity index (χ1n) is 5.99. The lowest BCUT2D eigenvalue weighted by atomic mass is 10.2. The monoisotopic (exact) mass is 359 g/mol. The number of hydrogen-bond acceptors (Lipinski definition) is 4. The summed E-state index contributed by atoms with van der Waals surface area (Å²) in [4.78, 5) is 31.0. The van der Waals surface area contributed by atoms with Crippen LogP contribution in [0.4, 0.5) is 5.69 Å². The molecule has 1 aliphatic rings. The van der Waals surface area contributed by atoms with Crippen LogP contribution in [0.5, 0.6) is 0 Å². The van der Waals surface area contributed by atoms with Crippen LogP contribution in [0.2, 0.25) is 10.0 Å². The van der Waals surface area contributed by atoms with Gasteiger partial charge in [-0.1, -0.05) is 35.0 Å². The number of nitrogens with one attached hydrogen (secondary N) is 1. The summed E-state index contributed by atoms with van der Waals surface area (Å²) in [5, 5.41) is 2.85. The second kappa shape index (κ2) is 6.99. The highest BCUT2D eigenvalue weighted by Gasteiger charge is 2.30. The molecule has 10 heteroatoms. The molecule has 0 saturated carbocycles. The maximum absolute atomic E-state index is 12.0. The lowest BCUT2D eigenvalue weighted by molar-refractivity contribution is -0.121. The number of halogens is 2. The summed E-state index contributed by atoms with van der Waals surface area (Å²) in [5.74, 6) is -1.05. The Balaban J connectivity index is 1.98. The van der Waals surface area contributed by atoms with Crippen LogP contribution in [0.15, 0.2) is 28.2 Å². The standard InChI is InChI=1S/C12H11Cl2N5O2S/c13-5-1-2-6(14)7(3-5)17-9(20)4-8-10(21)18-12(22-8)19-11(15)16/h1-3,8H,4H2,(H,17,20)(H4,15,16,18,19,21)/t8-/m0/s1. The molecule has 0 saturated heterocycles. The van der Waals surface area contributed by atoms with Crippen molar-refractivity contribution in [2.45, 2.75) is 11.7 Å². The van der Waals surface area contributed by atoms with Crippen molar-refractivity contribution >= 4 is 63.6 Å². The minimum Gasteiger partial charge on any atom is -0.370 e. The number of carbonyl (C=O) groups excluding carboxylic acids is 2. The zero-order chi connectivity index (χ0) is 16.3. The van der Waals surface area contributed by atoms with E-state index in [9.17, 15) is 9.59 Å². The van der Waals surface area contributed by atoms with Gasteiger partial charge in [-0.05, 0) is 18.2 Å². The van der Waals surface area contributed by atoms with Gasteiger partial charge in [0.25, 0.3) is 5.91 Å². The van der Waals surface area contributed by atoms with Crippen LogP contribution in [0.3, 0.4) is 0 Å². The van der Waals surface area contributed by atoms with Gasteiger partial charge in [-0.25, -0.2) is 0 Å². The average Bonchev–Trinajstić information content (AvgIpc) is 2.73. The molecule has 0 radical (unpaired) electrons. The normalized spacial score (nSPS) is 17.1. The highest BCUT2D eigenvalue weighted by atomic mass is 35.5. The van der Waals surface area contributed by atoms with Gasteiger partial charge in [-0.2, -0.15) is 9.98 Å². The van der Waals surface area contributed by atoms with Gasteiger partial charge in [-0.15, -0.1) is 0 Å². The van der Waals surface area contributed by atoms with Crippen molar-refractivity contribution in [2.75, 3.05) is 5.32 Å². The maximum atomic E-state index is 12.0. The van der Waals surface area contributed by atoms with E-state index in [1.807, 2.05) is 0 Å². The number of benzene rings is 1. The van der Waals surface area contributed by atoms with Crippen LogP contribution < -0.4 is 16.8 Å². The number of rotatable bonds is 3. The fourth-order valence-corrected chi connectivity index (χ4v) is 2.90. The second-order valence-corrected chi connectivity index (χ2v) is 6.27. The van der Waals surface area contributed by atoms with Crippen molar-refractivity contribution in [1.29, 1.82) is 0 Å². The second-order valence-electron chi connectivity index (χ2n) is 4.25. The topological polar surface area (TPSA) is 123 Å². The van der Waals surface area contributed by atoms with Gasteiger partial charge in [0, 0.05) is 11.4 Å². The number of guanidine groups is 1. The Bertz CT molecular complexity index is 688. The van der Waals surface area contributed by atoms with Crippen LogP contribution in [-0.2, 0) is 9.59 Å². The van der Waals surface area contributed by atoms with Crippen LogP contribution in [0.25, 0.3) is 0 Å². The molecule has 0 fully saturated rings. The van der Waals surface area contributed by atoms with Gasteiger partial charge in [0.2, 0.25) is 5.91 Å². The molecule has 1 aromatic rings. The van der Waals surface area contributed by atoms with E-state index in [1.54, 1.807) is 12.1 Å². The van der Waals surface area contributed by atoms with Crippen LogP contribution >= 0.6 is 35.0 Å². The molecule has 0 bridgehead atoms. The first kappa shape index (κ1) is 16.6. The summed E-state index contributed by atoms with van der Waals surface area (Å²) >= 11 is 12.8. The van der Waals surface area contributed by atoms with Gasteiger partial charge in [0.15, 0.2) is 11.1 Å². The molecule has 0 aromatic heterocycles. The van der Waals surface area contributed by atoms with Crippen molar-refractivity contribution in [1.82, 2.24) is 0 Å². The number of aliphatic imine (C=N–C) groups is 2. The first-order chi connectivity index (χ1) is 10.3. The Morgan fingerprint density at radius 3 is 2.82 bits per heavy atom. The number of thioether (sulfide) groups is 1. The number of amidine groups is 1. The molecule has 2 rings (SSSR count). The quantitative estimate of drug-likeness (QED) is 0.558. The molecule has 1 aliphatic heterocycles. The summed E-state index contributed by atoms with van der Waals surface area (Å²) in [6.07, 6.45) is -0.0840. The summed E-state index contributed by atoms with van der Waals surface area (Å²) < 4.78 is 0. The van der Waals surface area contributed by atoms with Crippen molar-refractivity contribution in [3.05, 3.63) is 28.2 Å². The molecule has 1 atom stereocenters. The predicted octanol–water partition coefficient (Wildman–Crippen LogP) is 1.59. The number of nitrogens with two attached hydrogens (primary N) is 2. The van der Waals surface area contributed by atoms with E-state index in [1.165, 1.54) is 6.07 Å². The maximum Gasteiger partial charge on any atom is 0.262 e. The van der Waals surface area contributed by atoms with Gasteiger partial charge in [0.05, 0.1) is 10.7 Å². The zero-order valence-electron chi connectivity index (χ0n) is 11.0. The zero-order valence-corrected chi connectivity index (χ0v) is 13.4. The summed E-state index contributed by atoms with van der Waals surface area (Å²) in [5.41, 5.74) is 10.8. The van der Waals surface area contributed by atoms with E-state index < -0.39 is 17.1 Å². The highest BCUT2D eigenvalue weighted by Crippen LogP contribution is 2.28. The van der Waals surface area contributed by atoms with Crippen molar-refractivity contribution in [2.24, 2.45) is 21.5 Å². The predicted molar refractivity (Wildman–Crippen MR) is 89.3 cm³/mol. The van der Waals surface area contributed by atoms with Crippen molar-refractivity contribution < 1.29 is 9.59 Å². The molecule has 5 N–H and O–H groups in total. The minimum absolute atomic E-state index is 0.0840. The highest BCUT2D eigenvalue weighted by molar-refractivity contribution is 8.15. The van der Waals surface area contributed by atoms with Crippen LogP contribution in [-0.4, -0.2) is 28.2 Å². The van der Waals surface area contributed by atoms with E-state index in [4.69, 9.17) is 34.7 Å². The van der Waals surface area contributed by atoms with E-state index >= 15 is 0 Å². The molecule has 22 heavy (non-hydrogen) atoms. The lowest BCUT2D eigenvalue weighted by Crippen LogP contribution is -2.23. The Morgan fingerprint density at radius 1 is 1.41 bits per heavy atom. The van der Waals surface area contributed by atoms with E-state index in [0.717, 1.165) is 11.8 Å². The molecule has 116 valence electrons. The molecule has 2 amide bonds. The third kappa shape index (κ3) is 4.36. The average molecular weight is 360 g/mol. The summed E-state index contributed by atoms with van der Waals surface area (Å²) in [7, 11) is 0. The summed E-state index contributed by atoms with van der Waals surface area (Å²) in [6, 6.07) is 4.69. The number of nitrogens with zero attached hydrogens (tertiary/aromatic N) is 2. The van der Waals surface area contributed by atoms with Crippen molar-refractivity contribution in [3.8, 4) is 0 Å². The summed E-state index contributed by atoms with van der Waals surface area (Å²) in [6.45, 7) is 0. The molecule has 1 heterocycles. The Morgan fingerprint density at radius 2 is 2.14 bits per heavy atom. The number of amides is 2. The van der Waals surface area contributed by atoms with Crippen molar-refractivity contribution in [3.63, 3.8) is 0 Å². The van der Waals surface area contributed by atoms with E-state index in [-0.39, 0.29) is 17.5 Å². The molecule has 0 unspecified atom stereocenters. The number of anilines is 1. The van der Waals surface area contributed by atoms with Gasteiger partial charge >= 0.3 is 0 Å². The Labute approximate surface area is 140 Å². The smallest absolute Gasteiger partial charge is 0.262 e. The molecule has 7 nitrogen and oxygen atoms in total. The molecule has 0 spiro atoms. The first-order valence-corrected chi connectivity index (χ1v) is 7.62. The lowest BCUT2D eigenvalue weighted by Gasteiger charge is -2.09. The fourth-order valence-electron chi connectivity index (χ4n) is 1.62. The van der Waals surface area contributed by atoms with Gasteiger partial charge in [-0.3, -0.25) is 9.59 Å².